The van der Waals surface area contributed by atoms with Crippen molar-refractivity contribution < 1.29 is 19.5 Å². The lowest BCUT2D eigenvalue weighted by molar-refractivity contribution is -0.124. The molecule has 0 aliphatic carbocycles. The maximum absolute atomic E-state index is 14.2. The number of hydrogen-bond acceptors (Lipinski definition) is 7. The van der Waals surface area contributed by atoms with Crippen LogP contribution in [-0.4, -0.2) is 63.5 Å². The van der Waals surface area contributed by atoms with Crippen LogP contribution in [0.25, 0.3) is 0 Å². The second-order valence-corrected chi connectivity index (χ2v) is 10.8. The molecule has 2 unspecified atom stereocenters. The lowest BCUT2D eigenvalue weighted by atomic mass is 9.80. The van der Waals surface area contributed by atoms with Crippen molar-refractivity contribution in [2.45, 2.75) is 18.0 Å². The SMILES string of the molecule is CN1C(=O)N(c2cc(Cl)nc(Cl)c2)C(=O)C12CN(Cc1ccc(C(=O)O)s1)CC2c1ccc(C#N)cc1. The van der Waals surface area contributed by atoms with Crippen LogP contribution in [0.4, 0.5) is 10.5 Å². The van der Waals surface area contributed by atoms with Gasteiger partial charge in [-0.3, -0.25) is 9.69 Å². The number of likely N-dealkylation sites (N-methyl/N-ethyl adjacent to an activating group) is 1. The quantitative estimate of drug-likeness (QED) is 0.364. The number of amides is 3. The Kier molecular flexibility index (Phi) is 6.41. The number of halogens is 2. The van der Waals surface area contributed by atoms with Crippen LogP contribution >= 0.6 is 34.5 Å². The van der Waals surface area contributed by atoms with Gasteiger partial charge in [-0.2, -0.15) is 5.26 Å². The topological polar surface area (TPSA) is 118 Å². The highest BCUT2D eigenvalue weighted by Crippen LogP contribution is 2.47. The van der Waals surface area contributed by atoms with Gasteiger partial charge in [0.25, 0.3) is 5.91 Å². The molecule has 2 aliphatic heterocycles. The number of imide groups is 1. The summed E-state index contributed by atoms with van der Waals surface area (Å²) in [4.78, 5) is 48.6. The van der Waals surface area contributed by atoms with E-state index in [1.165, 1.54) is 28.4 Å². The second kappa shape index (κ2) is 9.43. The zero-order valence-electron chi connectivity index (χ0n) is 19.4. The molecule has 0 saturated carbocycles. The Hall–Kier alpha value is -3.49. The number of anilines is 1. The van der Waals surface area contributed by atoms with Crippen LogP contribution in [0.2, 0.25) is 10.3 Å². The Morgan fingerprint density at radius 2 is 1.86 bits per heavy atom. The number of thiophene rings is 1. The van der Waals surface area contributed by atoms with Gasteiger partial charge in [-0.25, -0.2) is 19.5 Å². The molecule has 5 rings (SSSR count). The van der Waals surface area contributed by atoms with Crippen LogP contribution in [0, 0.1) is 11.3 Å². The average molecular weight is 556 g/mol. The van der Waals surface area contributed by atoms with E-state index in [2.05, 4.69) is 11.1 Å². The summed E-state index contributed by atoms with van der Waals surface area (Å²) >= 11 is 13.3. The van der Waals surface area contributed by atoms with E-state index in [4.69, 9.17) is 23.2 Å². The number of pyridine rings is 1. The van der Waals surface area contributed by atoms with Gasteiger partial charge in [-0.1, -0.05) is 35.3 Å². The molecule has 37 heavy (non-hydrogen) atoms. The number of urea groups is 1. The molecule has 1 N–H and O–H groups in total. The van der Waals surface area contributed by atoms with Gasteiger partial charge in [0.05, 0.1) is 17.3 Å². The fourth-order valence-corrected chi connectivity index (χ4v) is 6.46. The molecule has 2 atom stereocenters. The number of nitrogens with zero attached hydrogens (tertiary/aromatic N) is 5. The third-order valence-corrected chi connectivity index (χ3v) is 8.28. The normalized spacial score (nSPS) is 21.7. The number of rotatable bonds is 5. The first-order chi connectivity index (χ1) is 17.6. The Bertz CT molecular complexity index is 1450. The fraction of sp³-hybridized carbons (Fsp3) is 0.240. The van der Waals surface area contributed by atoms with Crippen LogP contribution in [-0.2, 0) is 11.3 Å². The van der Waals surface area contributed by atoms with E-state index >= 15 is 0 Å². The zero-order chi connectivity index (χ0) is 26.5. The highest BCUT2D eigenvalue weighted by Gasteiger charge is 2.64. The Labute approximate surface area is 226 Å². The van der Waals surface area contributed by atoms with Gasteiger partial charge in [-0.15, -0.1) is 11.3 Å². The molecule has 2 aromatic heterocycles. The number of aromatic nitrogens is 1. The summed E-state index contributed by atoms with van der Waals surface area (Å²) < 4.78 is 0. The van der Waals surface area contributed by atoms with Crippen molar-refractivity contribution in [3.63, 3.8) is 0 Å². The van der Waals surface area contributed by atoms with Crippen molar-refractivity contribution in [2.75, 3.05) is 25.0 Å². The minimum Gasteiger partial charge on any atom is -0.477 e. The van der Waals surface area contributed by atoms with Gasteiger partial charge in [0.15, 0.2) is 0 Å². The highest BCUT2D eigenvalue weighted by atomic mass is 35.5. The highest BCUT2D eigenvalue weighted by molar-refractivity contribution is 7.13. The number of aromatic carboxylic acids is 1. The predicted octanol–water partition coefficient (Wildman–Crippen LogP) is 4.46. The zero-order valence-corrected chi connectivity index (χ0v) is 21.7. The lowest BCUT2D eigenvalue weighted by Crippen LogP contribution is -2.53. The van der Waals surface area contributed by atoms with Crippen LogP contribution in [0.5, 0.6) is 0 Å². The maximum Gasteiger partial charge on any atom is 0.345 e. The number of nitriles is 1. The fourth-order valence-electron chi connectivity index (χ4n) is 5.12. The van der Waals surface area contributed by atoms with Gasteiger partial charge < -0.3 is 10.0 Å². The van der Waals surface area contributed by atoms with Crippen molar-refractivity contribution in [1.82, 2.24) is 14.8 Å². The monoisotopic (exact) mass is 555 g/mol. The van der Waals surface area contributed by atoms with Crippen LogP contribution in [0.1, 0.15) is 31.6 Å². The molecular formula is C25H19Cl2N5O4S. The van der Waals surface area contributed by atoms with Gasteiger partial charge >= 0.3 is 12.0 Å². The Morgan fingerprint density at radius 1 is 1.19 bits per heavy atom. The van der Waals surface area contributed by atoms with E-state index in [9.17, 15) is 24.8 Å². The van der Waals surface area contributed by atoms with E-state index in [1.54, 1.807) is 43.4 Å². The van der Waals surface area contributed by atoms with Crippen molar-refractivity contribution >= 4 is 58.1 Å². The first-order valence-corrected chi connectivity index (χ1v) is 12.7. The molecule has 188 valence electrons. The molecule has 1 aromatic carbocycles. The molecule has 4 heterocycles. The lowest BCUT2D eigenvalue weighted by Gasteiger charge is -2.34. The summed E-state index contributed by atoms with van der Waals surface area (Å²) in [6.07, 6.45) is 0. The van der Waals surface area contributed by atoms with Crippen LogP contribution in [0.3, 0.4) is 0 Å². The summed E-state index contributed by atoms with van der Waals surface area (Å²) in [6.45, 7) is 1.07. The van der Waals surface area contributed by atoms with E-state index < -0.39 is 29.4 Å². The number of carboxylic acid groups (broad SMARTS) is 1. The molecule has 3 amide bonds. The van der Waals surface area contributed by atoms with E-state index in [0.717, 1.165) is 15.3 Å². The van der Waals surface area contributed by atoms with Gasteiger partial charge in [-0.05, 0) is 42.0 Å². The number of hydrogen-bond donors (Lipinski definition) is 1. The van der Waals surface area contributed by atoms with Gasteiger partial charge in [0.2, 0.25) is 0 Å². The maximum atomic E-state index is 14.2. The number of likely N-dealkylation sites (tertiary alicyclic amines) is 1. The van der Waals surface area contributed by atoms with E-state index in [-0.39, 0.29) is 27.4 Å². The summed E-state index contributed by atoms with van der Waals surface area (Å²) in [5.74, 6) is -1.84. The van der Waals surface area contributed by atoms with Gasteiger partial charge in [0, 0.05) is 37.5 Å². The standard InChI is InChI=1S/C25H19Cl2N5O4S/c1-30-24(36)32(16-8-20(26)29-21(27)9-16)23(35)25(30)13-31(11-17-6-7-19(37-17)22(33)34)12-18(25)15-4-2-14(10-28)3-5-15/h2-9,18H,11-13H2,1H3,(H,33,34). The number of carbonyl (C=O) groups excluding carboxylic acids is 2. The molecule has 3 aromatic rings. The van der Waals surface area contributed by atoms with Crippen molar-refractivity contribution in [3.8, 4) is 6.07 Å². The summed E-state index contributed by atoms with van der Waals surface area (Å²) in [6, 6.07) is 14.7. The predicted molar refractivity (Wildman–Crippen MR) is 138 cm³/mol. The smallest absolute Gasteiger partial charge is 0.345 e. The van der Waals surface area contributed by atoms with E-state index in [0.29, 0.717) is 18.7 Å². The summed E-state index contributed by atoms with van der Waals surface area (Å²) in [5.41, 5.74) is 0.266. The minimum absolute atomic E-state index is 0.0512. The van der Waals surface area contributed by atoms with Crippen molar-refractivity contribution in [2.24, 2.45) is 0 Å². The number of benzene rings is 1. The van der Waals surface area contributed by atoms with Crippen LogP contribution < -0.4 is 4.90 Å². The molecule has 0 radical (unpaired) electrons. The molecular weight excluding hydrogens is 537 g/mol. The number of carbonyl (C=O) groups is 3. The first kappa shape index (κ1) is 25.2. The molecule has 9 nitrogen and oxygen atoms in total. The number of carboxylic acids is 1. The molecule has 1 spiro atoms. The molecule has 0 bridgehead atoms. The second-order valence-electron chi connectivity index (χ2n) is 8.90. The Morgan fingerprint density at radius 3 is 2.46 bits per heavy atom. The molecule has 2 aliphatic rings. The van der Waals surface area contributed by atoms with Gasteiger partial charge in [0.1, 0.15) is 20.7 Å². The first-order valence-electron chi connectivity index (χ1n) is 11.1. The molecule has 2 saturated heterocycles. The summed E-state index contributed by atoms with van der Waals surface area (Å²) in [5, 5.41) is 18.6. The summed E-state index contributed by atoms with van der Waals surface area (Å²) in [7, 11) is 1.60. The minimum atomic E-state index is -1.25. The average Bonchev–Trinajstić information content (AvgIpc) is 3.53. The van der Waals surface area contributed by atoms with Crippen LogP contribution in [0.15, 0.2) is 48.5 Å². The Balaban J connectivity index is 1.56. The largest absolute Gasteiger partial charge is 0.477 e. The van der Waals surface area contributed by atoms with Crippen molar-refractivity contribution in [3.05, 3.63) is 79.7 Å². The van der Waals surface area contributed by atoms with Crippen molar-refractivity contribution in [1.29, 1.82) is 5.26 Å². The van der Waals surface area contributed by atoms with E-state index in [1.807, 2.05) is 4.90 Å². The molecule has 2 fully saturated rings. The third kappa shape index (κ3) is 4.24. The third-order valence-electron chi connectivity index (χ3n) is 6.83. The molecule has 12 heteroatoms.